The van der Waals surface area contributed by atoms with Gasteiger partial charge < -0.3 is 24.7 Å². The minimum absolute atomic E-state index is 0.154. The summed E-state index contributed by atoms with van der Waals surface area (Å²) in [6.45, 7) is 1.44. The molecule has 0 aliphatic carbocycles. The maximum absolute atomic E-state index is 12.8. The minimum atomic E-state index is -0.154. The molecule has 1 aliphatic rings. The Labute approximate surface area is 260 Å². The largest absolute Gasteiger partial charge is 0.486 e. The van der Waals surface area contributed by atoms with Crippen LogP contribution in [0.1, 0.15) is 21.7 Å². The lowest BCUT2D eigenvalue weighted by Gasteiger charge is -2.10. The summed E-state index contributed by atoms with van der Waals surface area (Å²) in [4.78, 5) is 17.6. The Morgan fingerprint density at radius 1 is 0.909 bits per heavy atom. The lowest BCUT2D eigenvalue weighted by Crippen LogP contribution is -2.14. The van der Waals surface area contributed by atoms with Gasteiger partial charge in [-0.3, -0.25) is 4.79 Å². The number of fused-ring (bicyclic) bond motifs is 2. The normalized spacial score (nSPS) is 14.6. The van der Waals surface area contributed by atoms with E-state index < -0.39 is 0 Å². The monoisotopic (exact) mass is 600 g/mol. The molecule has 0 radical (unpaired) electrons. The molecule has 1 aliphatic heterocycles. The summed E-state index contributed by atoms with van der Waals surface area (Å²) in [5.74, 6) is 3.93. The van der Waals surface area contributed by atoms with Crippen LogP contribution in [-0.4, -0.2) is 33.1 Å². The van der Waals surface area contributed by atoms with E-state index in [1.54, 1.807) is 0 Å². The van der Waals surface area contributed by atoms with E-state index in [9.17, 15) is 4.79 Å². The van der Waals surface area contributed by atoms with Gasteiger partial charge in [-0.1, -0.05) is 42.5 Å². The minimum Gasteiger partial charge on any atom is -0.486 e. The topological polar surface area (TPSA) is 77.4 Å². The van der Waals surface area contributed by atoms with Crippen molar-refractivity contribution in [2.45, 2.75) is 18.3 Å². The lowest BCUT2D eigenvalue weighted by molar-refractivity contribution is 0.102. The molecule has 7 nitrogen and oxygen atoms in total. The number of aromatic nitrogens is 2. The first-order valence-corrected chi connectivity index (χ1v) is 15.7. The van der Waals surface area contributed by atoms with Crippen molar-refractivity contribution in [2.75, 3.05) is 17.7 Å². The number of hydrogen-bond donors (Lipinski definition) is 2. The van der Waals surface area contributed by atoms with Crippen molar-refractivity contribution in [1.82, 2.24) is 14.9 Å². The number of nitrogens with one attached hydrogen (secondary N) is 2. The van der Waals surface area contributed by atoms with Gasteiger partial charge in [-0.15, -0.1) is 11.8 Å². The van der Waals surface area contributed by atoms with Crippen LogP contribution in [0.15, 0.2) is 109 Å². The average Bonchev–Trinajstić information content (AvgIpc) is 3.68. The average molecular weight is 601 g/mol. The highest BCUT2D eigenvalue weighted by molar-refractivity contribution is 8.00. The number of anilines is 1. The van der Waals surface area contributed by atoms with Crippen LogP contribution in [0.25, 0.3) is 21.8 Å². The summed E-state index contributed by atoms with van der Waals surface area (Å²) in [6.07, 6.45) is 1.07. The number of imidazole rings is 1. The molecule has 1 atom stereocenters. The molecule has 2 N–H and O–H groups in total. The van der Waals surface area contributed by atoms with Gasteiger partial charge in [-0.2, -0.15) is 0 Å². The molecule has 1 saturated heterocycles. The van der Waals surface area contributed by atoms with Gasteiger partial charge in [0.05, 0.1) is 11.0 Å². The molecule has 2 heterocycles. The molecule has 0 saturated carbocycles. The molecule has 44 heavy (non-hydrogen) atoms. The summed E-state index contributed by atoms with van der Waals surface area (Å²) in [5.41, 5.74) is 4.47. The van der Waals surface area contributed by atoms with Gasteiger partial charge in [0.1, 0.15) is 29.7 Å². The fraction of sp³-hybridized carbons (Fsp3) is 0.167. The number of rotatable bonds is 9. The Kier molecular flexibility index (Phi) is 7.92. The first-order chi connectivity index (χ1) is 21.6. The standard InChI is InChI=1S/C36H32N4O3S/c1-40-34-20-31(16-17-33(34)39-35(40)22-42-29-12-6-24(7-13-29)18-32-21-37-23-44-32)43-30-14-10-28(11-15-30)38-36(41)27-9-8-25-4-2-3-5-26(25)19-27/h2-17,19-20,32,37H,18,21-23H2,1H3,(H,38,41). The van der Waals surface area contributed by atoms with Crippen molar-refractivity contribution in [2.24, 2.45) is 7.05 Å². The van der Waals surface area contributed by atoms with Crippen molar-refractivity contribution in [1.29, 1.82) is 0 Å². The molecule has 220 valence electrons. The van der Waals surface area contributed by atoms with Gasteiger partial charge in [0, 0.05) is 42.0 Å². The lowest BCUT2D eigenvalue weighted by atomic mass is 10.1. The Morgan fingerprint density at radius 3 is 2.48 bits per heavy atom. The number of carbonyl (C=O) groups excluding carboxylic acids is 1. The van der Waals surface area contributed by atoms with E-state index in [1.807, 2.05) is 120 Å². The smallest absolute Gasteiger partial charge is 0.255 e. The second-order valence-corrected chi connectivity index (χ2v) is 12.2. The molecule has 1 amide bonds. The van der Waals surface area contributed by atoms with Gasteiger partial charge in [-0.25, -0.2) is 4.98 Å². The predicted octanol–water partition coefficient (Wildman–Crippen LogP) is 7.56. The summed E-state index contributed by atoms with van der Waals surface area (Å²) in [5, 5.41) is 9.15. The van der Waals surface area contributed by atoms with E-state index in [4.69, 9.17) is 14.5 Å². The summed E-state index contributed by atoms with van der Waals surface area (Å²) in [7, 11) is 1.99. The van der Waals surface area contributed by atoms with Gasteiger partial charge in [-0.05, 0) is 83.4 Å². The second kappa shape index (κ2) is 12.4. The molecule has 1 unspecified atom stereocenters. The first kappa shape index (κ1) is 28.0. The fourth-order valence-electron chi connectivity index (χ4n) is 5.41. The number of amides is 1. The Balaban J connectivity index is 0.968. The van der Waals surface area contributed by atoms with Crippen LogP contribution in [0.3, 0.4) is 0 Å². The van der Waals surface area contributed by atoms with Crippen molar-refractivity contribution in [3.8, 4) is 17.2 Å². The van der Waals surface area contributed by atoms with E-state index in [1.165, 1.54) is 5.56 Å². The Morgan fingerprint density at radius 2 is 1.68 bits per heavy atom. The summed E-state index contributed by atoms with van der Waals surface area (Å²) >= 11 is 1.98. The quantitative estimate of drug-likeness (QED) is 0.178. The van der Waals surface area contributed by atoms with Crippen LogP contribution >= 0.6 is 11.8 Å². The number of aryl methyl sites for hydroxylation is 1. The second-order valence-electron chi connectivity index (χ2n) is 10.9. The highest BCUT2D eigenvalue weighted by Gasteiger charge is 2.16. The Bertz CT molecular complexity index is 1930. The number of benzene rings is 5. The van der Waals surface area contributed by atoms with Crippen LogP contribution < -0.4 is 20.1 Å². The number of thioether (sulfide) groups is 1. The van der Waals surface area contributed by atoms with E-state index in [0.29, 0.717) is 34.6 Å². The van der Waals surface area contributed by atoms with Gasteiger partial charge >= 0.3 is 0 Å². The third-order valence-corrected chi connectivity index (χ3v) is 9.03. The van der Waals surface area contributed by atoms with Crippen LogP contribution in [0.2, 0.25) is 0 Å². The third kappa shape index (κ3) is 6.27. The molecule has 5 aromatic carbocycles. The molecular formula is C36H32N4O3S. The van der Waals surface area contributed by atoms with Gasteiger partial charge in [0.2, 0.25) is 0 Å². The van der Waals surface area contributed by atoms with E-state index >= 15 is 0 Å². The predicted molar refractivity (Wildman–Crippen MR) is 178 cm³/mol. The van der Waals surface area contributed by atoms with Crippen molar-refractivity contribution < 1.29 is 14.3 Å². The molecular weight excluding hydrogens is 568 g/mol. The highest BCUT2D eigenvalue weighted by atomic mass is 32.2. The fourth-order valence-corrected chi connectivity index (χ4v) is 6.42. The van der Waals surface area contributed by atoms with E-state index in [0.717, 1.165) is 52.2 Å². The SMILES string of the molecule is Cn1c(COc2ccc(CC3CNCS3)cc2)nc2ccc(Oc3ccc(NC(=O)c4ccc5ccccc5c4)cc3)cc21. The zero-order chi connectivity index (χ0) is 29.9. The van der Waals surface area contributed by atoms with Gasteiger partial charge in [0.25, 0.3) is 5.91 Å². The Hall–Kier alpha value is -4.79. The maximum Gasteiger partial charge on any atom is 0.255 e. The van der Waals surface area contributed by atoms with Crippen LogP contribution in [0.4, 0.5) is 5.69 Å². The molecule has 1 aromatic heterocycles. The number of carbonyl (C=O) groups is 1. The maximum atomic E-state index is 12.8. The van der Waals surface area contributed by atoms with E-state index in [2.05, 4.69) is 22.8 Å². The molecule has 6 aromatic rings. The molecule has 7 rings (SSSR count). The zero-order valence-electron chi connectivity index (χ0n) is 24.3. The van der Waals surface area contributed by atoms with Crippen LogP contribution in [-0.2, 0) is 20.1 Å². The van der Waals surface area contributed by atoms with Gasteiger partial charge in [0.15, 0.2) is 0 Å². The molecule has 8 heteroatoms. The van der Waals surface area contributed by atoms with Crippen molar-refractivity contribution in [3.63, 3.8) is 0 Å². The van der Waals surface area contributed by atoms with Crippen molar-refractivity contribution in [3.05, 3.63) is 126 Å². The van der Waals surface area contributed by atoms with Crippen molar-refractivity contribution >= 4 is 45.2 Å². The van der Waals surface area contributed by atoms with Crippen LogP contribution in [0.5, 0.6) is 17.2 Å². The third-order valence-electron chi connectivity index (χ3n) is 7.85. The highest BCUT2D eigenvalue weighted by Crippen LogP contribution is 2.28. The van der Waals surface area contributed by atoms with E-state index in [-0.39, 0.29) is 5.91 Å². The summed E-state index contributed by atoms with van der Waals surface area (Å²) < 4.78 is 14.3. The first-order valence-electron chi connectivity index (χ1n) is 14.6. The molecule has 1 fully saturated rings. The molecule has 0 spiro atoms. The summed E-state index contributed by atoms with van der Waals surface area (Å²) in [6, 6.07) is 35.3. The zero-order valence-corrected chi connectivity index (χ0v) is 25.1. The molecule has 0 bridgehead atoms. The number of ether oxygens (including phenoxy) is 2. The number of nitrogens with zero attached hydrogens (tertiary/aromatic N) is 2. The number of hydrogen-bond acceptors (Lipinski definition) is 6. The van der Waals surface area contributed by atoms with Crippen LogP contribution in [0, 0.1) is 0 Å².